The minimum Gasteiger partial charge on any atom is -0.375 e. The van der Waals surface area contributed by atoms with Crippen molar-refractivity contribution in [2.75, 3.05) is 12.8 Å². The van der Waals surface area contributed by atoms with E-state index in [-0.39, 0.29) is 16.5 Å². The normalized spacial score (nSPS) is 11.4. The van der Waals surface area contributed by atoms with Crippen molar-refractivity contribution in [1.82, 2.24) is 10.3 Å². The molecule has 1 rings (SSSR count). The predicted molar refractivity (Wildman–Crippen MR) is 44.9 cm³/mol. The number of hydrogen-bond acceptors (Lipinski definition) is 4. The molecule has 0 atom stereocenters. The van der Waals surface area contributed by atoms with E-state index in [0.29, 0.717) is 0 Å². The lowest BCUT2D eigenvalue weighted by Gasteiger charge is -2.04. The van der Waals surface area contributed by atoms with Crippen molar-refractivity contribution >= 4 is 22.4 Å². The van der Waals surface area contributed by atoms with Crippen LogP contribution in [0.25, 0.3) is 0 Å². The molecule has 1 heterocycles. The first-order chi connectivity index (χ1) is 6.36. The fourth-order valence-corrected chi connectivity index (χ4v) is 1.50. The molecule has 0 spiro atoms. The highest BCUT2D eigenvalue weighted by Crippen LogP contribution is 2.37. The van der Waals surface area contributed by atoms with Crippen LogP contribution in [0, 0.1) is 0 Å². The van der Waals surface area contributed by atoms with Gasteiger partial charge in [-0.05, 0) is 0 Å². The van der Waals surface area contributed by atoms with Crippen LogP contribution in [0.1, 0.15) is 15.4 Å². The highest BCUT2D eigenvalue weighted by molar-refractivity contribution is 7.15. The zero-order chi connectivity index (χ0) is 10.9. The summed E-state index contributed by atoms with van der Waals surface area (Å²) < 4.78 is 36.9. The number of nitrogens with two attached hydrogens (primary N) is 1. The van der Waals surface area contributed by atoms with Crippen LogP contribution in [0.3, 0.4) is 0 Å². The van der Waals surface area contributed by atoms with Crippen LogP contribution in [0.15, 0.2) is 0 Å². The monoisotopic (exact) mass is 225 g/mol. The highest BCUT2D eigenvalue weighted by atomic mass is 32.1. The molecule has 78 valence electrons. The second kappa shape index (κ2) is 3.45. The minimum atomic E-state index is -4.60. The van der Waals surface area contributed by atoms with Gasteiger partial charge in [-0.1, -0.05) is 11.3 Å². The number of nitrogens with zero attached hydrogens (tertiary/aromatic N) is 1. The van der Waals surface area contributed by atoms with Crippen molar-refractivity contribution in [2.45, 2.75) is 6.18 Å². The molecule has 14 heavy (non-hydrogen) atoms. The molecule has 1 amide bonds. The third-order valence-corrected chi connectivity index (χ3v) is 2.27. The Morgan fingerprint density at radius 1 is 1.57 bits per heavy atom. The van der Waals surface area contributed by atoms with Crippen molar-refractivity contribution in [3.63, 3.8) is 0 Å². The van der Waals surface area contributed by atoms with E-state index in [1.165, 1.54) is 7.05 Å². The highest BCUT2D eigenvalue weighted by Gasteiger charge is 2.38. The average Bonchev–Trinajstić information content (AvgIpc) is 2.45. The second-order valence-corrected chi connectivity index (χ2v) is 3.34. The fourth-order valence-electron chi connectivity index (χ4n) is 0.801. The van der Waals surface area contributed by atoms with E-state index in [9.17, 15) is 18.0 Å². The molecule has 4 nitrogen and oxygen atoms in total. The summed E-state index contributed by atoms with van der Waals surface area (Å²) in [6.07, 6.45) is -4.60. The number of anilines is 1. The predicted octanol–water partition coefficient (Wildman–Crippen LogP) is 1.10. The number of aromatic nitrogens is 1. The van der Waals surface area contributed by atoms with E-state index in [2.05, 4.69) is 10.3 Å². The van der Waals surface area contributed by atoms with Crippen LogP contribution < -0.4 is 11.1 Å². The number of alkyl halides is 3. The Bertz CT molecular complexity index is 360. The number of rotatable bonds is 1. The molecular formula is C6H6F3N3OS. The molecule has 3 N–H and O–H groups in total. The van der Waals surface area contributed by atoms with E-state index >= 15 is 0 Å². The first-order valence-electron chi connectivity index (χ1n) is 3.42. The van der Waals surface area contributed by atoms with E-state index < -0.39 is 22.7 Å². The van der Waals surface area contributed by atoms with Gasteiger partial charge in [0.2, 0.25) is 0 Å². The first kappa shape index (κ1) is 10.8. The number of amides is 1. The maximum atomic E-state index is 12.3. The Morgan fingerprint density at radius 3 is 2.57 bits per heavy atom. The van der Waals surface area contributed by atoms with Gasteiger partial charge in [0.25, 0.3) is 5.91 Å². The molecule has 0 aromatic carbocycles. The molecule has 0 bridgehead atoms. The number of carbonyl (C=O) groups is 1. The van der Waals surface area contributed by atoms with Gasteiger partial charge in [-0.3, -0.25) is 4.79 Å². The number of carbonyl (C=O) groups excluding carboxylic acids is 1. The lowest BCUT2D eigenvalue weighted by Crippen LogP contribution is -2.21. The number of nitrogen functional groups attached to an aromatic ring is 1. The summed E-state index contributed by atoms with van der Waals surface area (Å²) in [5.74, 6) is -0.898. The van der Waals surface area contributed by atoms with Crippen LogP contribution >= 0.6 is 11.3 Å². The lowest BCUT2D eigenvalue weighted by molar-refractivity contribution is -0.134. The molecular weight excluding hydrogens is 219 g/mol. The Balaban J connectivity index is 3.23. The minimum absolute atomic E-state index is 0.246. The van der Waals surface area contributed by atoms with Crippen LogP contribution in [-0.4, -0.2) is 17.9 Å². The van der Waals surface area contributed by atoms with Gasteiger partial charge in [0, 0.05) is 7.05 Å². The molecule has 1 aromatic heterocycles. The maximum Gasteiger partial charge on any atom is 0.428 e. The Labute approximate surface area is 80.9 Å². The smallest absolute Gasteiger partial charge is 0.375 e. The number of hydrogen-bond donors (Lipinski definition) is 2. The van der Waals surface area contributed by atoms with Crippen molar-refractivity contribution in [3.8, 4) is 0 Å². The van der Waals surface area contributed by atoms with Crippen LogP contribution in [-0.2, 0) is 6.18 Å². The van der Waals surface area contributed by atoms with E-state index in [0.717, 1.165) is 0 Å². The summed E-state index contributed by atoms with van der Waals surface area (Å²) in [4.78, 5) is 13.2. The summed E-state index contributed by atoms with van der Waals surface area (Å²) >= 11 is 0.246. The standard InChI is InChI=1S/C6H6F3N3OS/c1-11-4(13)2-3(6(7,8)9)14-5(10)12-2/h1H3,(H2,10,12)(H,11,13). The number of thiazole rings is 1. The average molecular weight is 225 g/mol. The summed E-state index contributed by atoms with van der Waals surface area (Å²) in [7, 11) is 1.22. The molecule has 0 radical (unpaired) electrons. The summed E-state index contributed by atoms with van der Waals surface area (Å²) in [6, 6.07) is 0. The van der Waals surface area contributed by atoms with E-state index in [1.54, 1.807) is 0 Å². The van der Waals surface area contributed by atoms with Gasteiger partial charge in [0.1, 0.15) is 4.88 Å². The van der Waals surface area contributed by atoms with E-state index in [1.807, 2.05) is 0 Å². The van der Waals surface area contributed by atoms with Gasteiger partial charge < -0.3 is 11.1 Å². The SMILES string of the molecule is CNC(=O)c1nc(N)sc1C(F)(F)F. The molecule has 0 fully saturated rings. The van der Waals surface area contributed by atoms with Crippen LogP contribution in [0.2, 0.25) is 0 Å². The molecule has 8 heteroatoms. The van der Waals surface area contributed by atoms with Gasteiger partial charge in [-0.2, -0.15) is 13.2 Å². The van der Waals surface area contributed by atoms with Crippen molar-refractivity contribution < 1.29 is 18.0 Å². The van der Waals surface area contributed by atoms with Crippen LogP contribution in [0.5, 0.6) is 0 Å². The summed E-state index contributed by atoms with van der Waals surface area (Å²) in [6.45, 7) is 0. The molecule has 0 aliphatic rings. The Morgan fingerprint density at radius 2 is 2.14 bits per heavy atom. The zero-order valence-electron chi connectivity index (χ0n) is 6.97. The Kier molecular flexibility index (Phi) is 2.65. The largest absolute Gasteiger partial charge is 0.428 e. The second-order valence-electron chi connectivity index (χ2n) is 2.31. The lowest BCUT2D eigenvalue weighted by atomic mass is 10.3. The van der Waals surface area contributed by atoms with Gasteiger partial charge in [0.05, 0.1) is 0 Å². The Hall–Kier alpha value is -1.31. The first-order valence-corrected chi connectivity index (χ1v) is 4.23. The van der Waals surface area contributed by atoms with Gasteiger partial charge in [-0.15, -0.1) is 0 Å². The molecule has 0 unspecified atom stereocenters. The molecule has 1 aromatic rings. The summed E-state index contributed by atoms with van der Waals surface area (Å²) in [5, 5.41) is 1.78. The van der Waals surface area contributed by atoms with Crippen molar-refractivity contribution in [3.05, 3.63) is 10.6 Å². The van der Waals surface area contributed by atoms with Crippen molar-refractivity contribution in [2.24, 2.45) is 0 Å². The molecule has 0 saturated heterocycles. The molecule has 0 aliphatic heterocycles. The molecule has 0 saturated carbocycles. The fraction of sp³-hybridized carbons (Fsp3) is 0.333. The third kappa shape index (κ3) is 1.95. The topological polar surface area (TPSA) is 68.0 Å². The van der Waals surface area contributed by atoms with Gasteiger partial charge >= 0.3 is 6.18 Å². The van der Waals surface area contributed by atoms with Gasteiger partial charge in [-0.25, -0.2) is 4.98 Å². The van der Waals surface area contributed by atoms with Gasteiger partial charge in [0.15, 0.2) is 10.8 Å². The number of halogens is 3. The summed E-state index contributed by atoms with van der Waals surface area (Å²) in [5.41, 5.74) is 4.42. The van der Waals surface area contributed by atoms with E-state index in [4.69, 9.17) is 5.73 Å². The third-order valence-electron chi connectivity index (χ3n) is 1.34. The number of nitrogens with one attached hydrogen (secondary N) is 1. The van der Waals surface area contributed by atoms with Crippen LogP contribution in [0.4, 0.5) is 18.3 Å². The quantitative estimate of drug-likeness (QED) is 0.752. The molecule has 0 aliphatic carbocycles. The maximum absolute atomic E-state index is 12.3. The zero-order valence-corrected chi connectivity index (χ0v) is 7.79. The van der Waals surface area contributed by atoms with Crippen molar-refractivity contribution in [1.29, 1.82) is 0 Å².